The maximum atomic E-state index is 12.6. The smallest absolute Gasteiger partial charge is 0.401 e. The van der Waals surface area contributed by atoms with Crippen LogP contribution in [-0.4, -0.2) is 41.5 Å². The van der Waals surface area contributed by atoms with Gasteiger partial charge in [-0.05, 0) is 44.0 Å². The zero-order valence-corrected chi connectivity index (χ0v) is 16.2. The fraction of sp³-hybridized carbons (Fsp3) is 0.444. The number of hydrogen-bond acceptors (Lipinski definition) is 3. The van der Waals surface area contributed by atoms with Crippen LogP contribution in [-0.2, 0) is 11.3 Å². The molecule has 0 radical (unpaired) electrons. The Bertz CT molecular complexity index is 819. The van der Waals surface area contributed by atoms with Crippen molar-refractivity contribution in [2.75, 3.05) is 13.6 Å². The first-order valence-electron chi connectivity index (χ1n) is 8.15. The topological polar surface area (TPSA) is 57.6 Å². The predicted molar refractivity (Wildman–Crippen MR) is 97.4 cm³/mol. The van der Waals surface area contributed by atoms with Crippen LogP contribution in [0.25, 0.3) is 5.57 Å². The van der Waals surface area contributed by atoms with E-state index in [9.17, 15) is 27.9 Å². The SMILES string of the molecule is Cc1c(C(=O)O)c(Cl)c(CN(C)CC(F)(F)F)c(Cl)c1C1=CC(=O)CCC1. The van der Waals surface area contributed by atoms with Crippen molar-refractivity contribution in [1.82, 2.24) is 4.90 Å². The maximum absolute atomic E-state index is 12.6. The van der Waals surface area contributed by atoms with Crippen molar-refractivity contribution in [3.63, 3.8) is 0 Å². The molecule has 27 heavy (non-hydrogen) atoms. The minimum Gasteiger partial charge on any atom is -0.478 e. The molecule has 1 N–H and O–H groups in total. The Morgan fingerprint density at radius 3 is 2.41 bits per heavy atom. The summed E-state index contributed by atoms with van der Waals surface area (Å²) in [5.74, 6) is -1.41. The molecule has 9 heteroatoms. The van der Waals surface area contributed by atoms with Crippen LogP contribution in [0.3, 0.4) is 0 Å². The maximum Gasteiger partial charge on any atom is 0.401 e. The summed E-state index contributed by atoms with van der Waals surface area (Å²) in [5, 5.41) is 9.44. The molecule has 2 rings (SSSR count). The van der Waals surface area contributed by atoms with Crippen LogP contribution in [0.5, 0.6) is 0 Å². The van der Waals surface area contributed by atoms with Crippen molar-refractivity contribution in [3.05, 3.63) is 38.4 Å². The Morgan fingerprint density at radius 2 is 1.89 bits per heavy atom. The van der Waals surface area contributed by atoms with Crippen molar-refractivity contribution in [2.45, 2.75) is 38.9 Å². The summed E-state index contributed by atoms with van der Waals surface area (Å²) in [6.45, 7) is 0.0398. The van der Waals surface area contributed by atoms with E-state index < -0.39 is 18.7 Å². The van der Waals surface area contributed by atoms with Gasteiger partial charge in [-0.15, -0.1) is 0 Å². The van der Waals surface area contributed by atoms with E-state index in [0.717, 1.165) is 4.90 Å². The molecular formula is C18H18Cl2F3NO3. The van der Waals surface area contributed by atoms with Crippen LogP contribution in [0, 0.1) is 6.92 Å². The van der Waals surface area contributed by atoms with Gasteiger partial charge < -0.3 is 5.11 Å². The Morgan fingerprint density at radius 1 is 1.26 bits per heavy atom. The fourth-order valence-electron chi connectivity index (χ4n) is 3.25. The van der Waals surface area contributed by atoms with Crippen molar-refractivity contribution in [1.29, 1.82) is 0 Å². The number of carbonyl (C=O) groups excluding carboxylic acids is 1. The van der Waals surface area contributed by atoms with E-state index in [2.05, 4.69) is 0 Å². The lowest BCUT2D eigenvalue weighted by Gasteiger charge is -2.24. The van der Waals surface area contributed by atoms with Gasteiger partial charge in [-0.2, -0.15) is 13.2 Å². The van der Waals surface area contributed by atoms with Crippen LogP contribution in [0.2, 0.25) is 10.0 Å². The number of carboxylic acids is 1. The molecule has 0 aliphatic heterocycles. The number of halogens is 5. The molecular weight excluding hydrogens is 406 g/mol. The molecule has 0 bridgehead atoms. The third-order valence-electron chi connectivity index (χ3n) is 4.34. The van der Waals surface area contributed by atoms with E-state index in [-0.39, 0.29) is 33.5 Å². The third kappa shape index (κ3) is 5.03. The number of hydrogen-bond donors (Lipinski definition) is 1. The number of alkyl halides is 3. The van der Waals surface area contributed by atoms with Crippen molar-refractivity contribution < 1.29 is 27.9 Å². The number of rotatable bonds is 5. The Labute approximate surface area is 164 Å². The minimum absolute atomic E-state index is 0.0810. The lowest BCUT2D eigenvalue weighted by molar-refractivity contribution is -0.144. The first-order valence-corrected chi connectivity index (χ1v) is 8.90. The van der Waals surface area contributed by atoms with E-state index in [4.69, 9.17) is 23.2 Å². The molecule has 148 valence electrons. The highest BCUT2D eigenvalue weighted by Gasteiger charge is 2.31. The van der Waals surface area contributed by atoms with Gasteiger partial charge in [-0.1, -0.05) is 23.2 Å². The monoisotopic (exact) mass is 423 g/mol. The van der Waals surface area contributed by atoms with E-state index in [1.54, 1.807) is 0 Å². The largest absolute Gasteiger partial charge is 0.478 e. The molecule has 0 heterocycles. The van der Waals surface area contributed by atoms with E-state index in [1.807, 2.05) is 0 Å². The molecule has 0 unspecified atom stereocenters. The molecule has 1 aliphatic rings. The van der Waals surface area contributed by atoms with E-state index in [1.165, 1.54) is 20.0 Å². The molecule has 0 atom stereocenters. The molecule has 0 aromatic heterocycles. The first-order chi connectivity index (χ1) is 12.4. The van der Waals surface area contributed by atoms with Crippen LogP contribution >= 0.6 is 23.2 Å². The highest BCUT2D eigenvalue weighted by atomic mass is 35.5. The third-order valence-corrected chi connectivity index (χ3v) is 5.17. The molecule has 1 aliphatic carbocycles. The number of benzene rings is 1. The molecule has 0 amide bonds. The average molecular weight is 424 g/mol. The summed E-state index contributed by atoms with van der Waals surface area (Å²) >= 11 is 12.7. The van der Waals surface area contributed by atoms with E-state index in [0.29, 0.717) is 36.0 Å². The molecule has 0 saturated carbocycles. The fourth-order valence-corrected chi connectivity index (χ4v) is 4.09. The quantitative estimate of drug-likeness (QED) is 0.712. The second kappa shape index (κ2) is 8.20. The predicted octanol–water partition coefficient (Wildman–Crippen LogP) is 5.13. The highest BCUT2D eigenvalue weighted by Crippen LogP contribution is 2.41. The van der Waals surface area contributed by atoms with Gasteiger partial charge in [0, 0.05) is 24.1 Å². The Kier molecular flexibility index (Phi) is 6.60. The normalized spacial score (nSPS) is 15.3. The second-order valence-corrected chi connectivity index (χ2v) is 7.32. The summed E-state index contributed by atoms with van der Waals surface area (Å²) in [4.78, 5) is 24.4. The summed E-state index contributed by atoms with van der Waals surface area (Å²) in [5.41, 5.74) is 1.11. The van der Waals surface area contributed by atoms with Crippen LogP contribution in [0.1, 0.15) is 46.3 Å². The van der Waals surface area contributed by atoms with Crippen molar-refractivity contribution >= 4 is 40.5 Å². The molecule has 0 fully saturated rings. The number of ketones is 1. The van der Waals surface area contributed by atoms with Gasteiger partial charge in [0.15, 0.2) is 5.78 Å². The Hall–Kier alpha value is -1.57. The van der Waals surface area contributed by atoms with Gasteiger partial charge in [0.1, 0.15) is 0 Å². The lowest BCUT2D eigenvalue weighted by Crippen LogP contribution is -2.31. The summed E-state index contributed by atoms with van der Waals surface area (Å²) in [7, 11) is 1.24. The van der Waals surface area contributed by atoms with Gasteiger partial charge in [0.2, 0.25) is 0 Å². The zero-order valence-electron chi connectivity index (χ0n) is 14.7. The summed E-state index contributed by atoms with van der Waals surface area (Å²) in [6.07, 6.45) is -1.50. The second-order valence-electron chi connectivity index (χ2n) is 6.56. The Balaban J connectivity index is 2.63. The standard InChI is InChI=1S/C18H18Cl2F3NO3/c1-9-13(10-4-3-5-11(25)6-10)15(19)12(16(20)14(9)17(26)27)7-24(2)8-18(21,22)23/h6H,3-5,7-8H2,1-2H3,(H,26,27). The van der Waals surface area contributed by atoms with E-state index >= 15 is 0 Å². The number of carboxylic acid groups (broad SMARTS) is 1. The highest BCUT2D eigenvalue weighted by molar-refractivity contribution is 6.39. The van der Waals surface area contributed by atoms with Gasteiger partial charge in [0.05, 0.1) is 22.2 Å². The van der Waals surface area contributed by atoms with Gasteiger partial charge in [0.25, 0.3) is 0 Å². The van der Waals surface area contributed by atoms with Crippen molar-refractivity contribution in [2.24, 2.45) is 0 Å². The van der Waals surface area contributed by atoms with Gasteiger partial charge >= 0.3 is 12.1 Å². The molecule has 0 saturated heterocycles. The van der Waals surface area contributed by atoms with Gasteiger partial charge in [-0.25, -0.2) is 4.79 Å². The number of carbonyl (C=O) groups is 2. The summed E-state index contributed by atoms with van der Waals surface area (Å²) in [6, 6.07) is 0. The lowest BCUT2D eigenvalue weighted by atomic mass is 9.87. The van der Waals surface area contributed by atoms with Crippen molar-refractivity contribution in [3.8, 4) is 0 Å². The number of aromatic carboxylic acids is 1. The van der Waals surface area contributed by atoms with Gasteiger partial charge in [-0.3, -0.25) is 9.69 Å². The molecule has 4 nitrogen and oxygen atoms in total. The van der Waals surface area contributed by atoms with Crippen LogP contribution < -0.4 is 0 Å². The summed E-state index contributed by atoms with van der Waals surface area (Å²) < 4.78 is 37.9. The number of allylic oxidation sites excluding steroid dienone is 2. The molecule has 1 aromatic carbocycles. The molecule has 0 spiro atoms. The average Bonchev–Trinajstić information content (AvgIpc) is 2.49. The van der Waals surface area contributed by atoms with Crippen LogP contribution in [0.4, 0.5) is 13.2 Å². The van der Waals surface area contributed by atoms with Crippen LogP contribution in [0.15, 0.2) is 6.08 Å². The first kappa shape index (κ1) is 21.7. The molecule has 1 aromatic rings. The zero-order chi connectivity index (χ0) is 20.5. The minimum atomic E-state index is -4.42. The number of nitrogens with zero attached hydrogens (tertiary/aromatic N) is 1.